The lowest BCUT2D eigenvalue weighted by Gasteiger charge is -2.25. The maximum atomic E-state index is 6.90. The number of rotatable bonds is 5. The first kappa shape index (κ1) is 27.5. The second-order valence-electron chi connectivity index (χ2n) is 12.5. The molecule has 0 saturated carbocycles. The van der Waals surface area contributed by atoms with Crippen molar-refractivity contribution in [2.45, 2.75) is 0 Å². The van der Waals surface area contributed by atoms with Crippen LogP contribution in [0.5, 0.6) is 0 Å². The molecule has 10 rings (SSSR count). The zero-order valence-corrected chi connectivity index (χ0v) is 26.5. The Kier molecular flexibility index (Phi) is 6.18. The molecule has 49 heavy (non-hydrogen) atoms. The normalized spacial score (nSPS) is 11.7. The summed E-state index contributed by atoms with van der Waals surface area (Å²) in [5.74, 6) is 0. The fraction of sp³-hybridized carbons (Fsp3) is 0. The highest BCUT2D eigenvalue weighted by atomic mass is 16.3. The van der Waals surface area contributed by atoms with Gasteiger partial charge in [0.15, 0.2) is 0 Å². The van der Waals surface area contributed by atoms with E-state index in [-0.39, 0.29) is 0 Å². The van der Waals surface area contributed by atoms with Gasteiger partial charge in [0.05, 0.1) is 0 Å². The molecule has 0 unspecified atom stereocenters. The van der Waals surface area contributed by atoms with Gasteiger partial charge in [0, 0.05) is 44.2 Å². The number of nitrogens with zero attached hydrogens (tertiary/aromatic N) is 1. The Morgan fingerprint density at radius 2 is 0.918 bits per heavy atom. The van der Waals surface area contributed by atoms with Crippen LogP contribution in [-0.2, 0) is 0 Å². The molecule has 10 aromatic rings. The third-order valence-electron chi connectivity index (χ3n) is 9.67. The van der Waals surface area contributed by atoms with E-state index in [4.69, 9.17) is 8.83 Å². The van der Waals surface area contributed by atoms with Crippen LogP contribution in [0.4, 0.5) is 17.1 Å². The summed E-state index contributed by atoms with van der Waals surface area (Å²) < 4.78 is 13.3. The summed E-state index contributed by atoms with van der Waals surface area (Å²) in [7, 11) is 0. The Balaban J connectivity index is 1.23. The van der Waals surface area contributed by atoms with E-state index in [1.165, 1.54) is 16.3 Å². The predicted octanol–water partition coefficient (Wildman–Crippen LogP) is 13.4. The van der Waals surface area contributed by atoms with Gasteiger partial charge in [-0.25, -0.2) is 0 Å². The number of para-hydroxylation sites is 3. The molecule has 0 spiro atoms. The highest BCUT2D eigenvalue weighted by Crippen LogP contribution is 2.47. The van der Waals surface area contributed by atoms with Gasteiger partial charge in [-0.3, -0.25) is 0 Å². The number of benzene rings is 8. The van der Waals surface area contributed by atoms with Crippen LogP contribution in [0.2, 0.25) is 0 Å². The minimum absolute atomic E-state index is 0.846. The van der Waals surface area contributed by atoms with Gasteiger partial charge in [-0.1, -0.05) is 115 Å². The SMILES string of the molecule is c1ccc(N(c2ccccc2)c2ccc(-c3ccc(-c4cccc5ccccc45)c4c3oc3ccc5oc6ccccc6c5c34)cc2)cc1. The van der Waals surface area contributed by atoms with Crippen LogP contribution in [0.15, 0.2) is 185 Å². The molecule has 0 amide bonds. The van der Waals surface area contributed by atoms with Crippen LogP contribution < -0.4 is 4.90 Å². The van der Waals surface area contributed by atoms with Crippen molar-refractivity contribution in [2.75, 3.05) is 4.90 Å². The summed E-state index contributed by atoms with van der Waals surface area (Å²) in [5.41, 5.74) is 11.2. The first-order valence-corrected chi connectivity index (χ1v) is 16.6. The van der Waals surface area contributed by atoms with Crippen LogP contribution in [-0.4, -0.2) is 0 Å². The van der Waals surface area contributed by atoms with Crippen LogP contribution in [0.25, 0.3) is 76.9 Å². The molecule has 8 aromatic carbocycles. The van der Waals surface area contributed by atoms with Crippen LogP contribution >= 0.6 is 0 Å². The molecule has 0 saturated heterocycles. The molecule has 3 nitrogen and oxygen atoms in total. The van der Waals surface area contributed by atoms with Crippen LogP contribution in [0, 0.1) is 0 Å². The highest BCUT2D eigenvalue weighted by molar-refractivity contribution is 6.30. The van der Waals surface area contributed by atoms with Crippen LogP contribution in [0.3, 0.4) is 0 Å². The van der Waals surface area contributed by atoms with E-state index >= 15 is 0 Å². The quantitative estimate of drug-likeness (QED) is 0.190. The van der Waals surface area contributed by atoms with Crippen molar-refractivity contribution >= 4 is 71.7 Å². The fourth-order valence-corrected chi connectivity index (χ4v) is 7.48. The average Bonchev–Trinajstić information content (AvgIpc) is 3.75. The standard InChI is InChI=1S/C46H29NO2/c1-3-14-32(15-4-1)47(33-16-5-2-6-17-33)34-24-22-31(23-25-34)36-26-27-38(37-20-11-13-30-12-7-8-18-35(30)37)44-45-42(49-46(36)44)29-28-41-43(45)39-19-9-10-21-40(39)48-41/h1-29H. The summed E-state index contributed by atoms with van der Waals surface area (Å²) >= 11 is 0. The van der Waals surface area contributed by atoms with Crippen molar-refractivity contribution in [3.8, 4) is 22.3 Å². The van der Waals surface area contributed by atoms with Crippen molar-refractivity contribution < 1.29 is 8.83 Å². The van der Waals surface area contributed by atoms with Gasteiger partial charge in [0.1, 0.15) is 22.3 Å². The van der Waals surface area contributed by atoms with E-state index in [1.54, 1.807) is 0 Å². The summed E-state index contributed by atoms with van der Waals surface area (Å²) in [5, 5.41) is 6.77. The molecule has 230 valence electrons. The number of anilines is 3. The molecular formula is C46H29NO2. The molecule has 0 atom stereocenters. The maximum absolute atomic E-state index is 6.90. The molecule has 2 heterocycles. The summed E-state index contributed by atoms with van der Waals surface area (Å²) in [6.07, 6.45) is 0. The Morgan fingerprint density at radius 3 is 1.67 bits per heavy atom. The topological polar surface area (TPSA) is 29.5 Å². The molecule has 0 aliphatic rings. The van der Waals surface area contributed by atoms with Gasteiger partial charge in [-0.05, 0) is 88.1 Å². The molecule has 0 radical (unpaired) electrons. The number of fused-ring (bicyclic) bond motifs is 8. The summed E-state index contributed by atoms with van der Waals surface area (Å²) in [4.78, 5) is 2.28. The van der Waals surface area contributed by atoms with Crippen molar-refractivity contribution in [1.82, 2.24) is 0 Å². The minimum atomic E-state index is 0.846. The summed E-state index contributed by atoms with van der Waals surface area (Å²) in [6.45, 7) is 0. The highest BCUT2D eigenvalue weighted by Gasteiger charge is 2.22. The molecule has 0 aliphatic carbocycles. The third kappa shape index (κ3) is 4.37. The Bertz CT molecular complexity index is 2770. The largest absolute Gasteiger partial charge is 0.456 e. The van der Waals surface area contributed by atoms with Gasteiger partial charge in [-0.2, -0.15) is 0 Å². The number of furan rings is 2. The molecule has 3 heteroatoms. The number of hydrogen-bond acceptors (Lipinski definition) is 3. The van der Waals surface area contributed by atoms with Crippen molar-refractivity contribution in [3.63, 3.8) is 0 Å². The Hall–Kier alpha value is -6.58. The zero-order valence-electron chi connectivity index (χ0n) is 26.5. The van der Waals surface area contributed by atoms with Gasteiger partial charge >= 0.3 is 0 Å². The third-order valence-corrected chi connectivity index (χ3v) is 9.67. The van der Waals surface area contributed by atoms with Gasteiger partial charge < -0.3 is 13.7 Å². The van der Waals surface area contributed by atoms with E-state index in [2.05, 4.69) is 163 Å². The lowest BCUT2D eigenvalue weighted by Crippen LogP contribution is -2.09. The van der Waals surface area contributed by atoms with Gasteiger partial charge in [0.25, 0.3) is 0 Å². The molecule has 2 aromatic heterocycles. The molecular weight excluding hydrogens is 599 g/mol. The monoisotopic (exact) mass is 627 g/mol. The molecule has 0 bridgehead atoms. The minimum Gasteiger partial charge on any atom is -0.456 e. The van der Waals surface area contributed by atoms with E-state index in [9.17, 15) is 0 Å². The van der Waals surface area contributed by atoms with Gasteiger partial charge in [0.2, 0.25) is 0 Å². The smallest absolute Gasteiger partial charge is 0.143 e. The lowest BCUT2D eigenvalue weighted by molar-refractivity contribution is 0.663. The second-order valence-corrected chi connectivity index (χ2v) is 12.5. The van der Waals surface area contributed by atoms with Crippen molar-refractivity contribution in [3.05, 3.63) is 176 Å². The first-order valence-electron chi connectivity index (χ1n) is 16.6. The van der Waals surface area contributed by atoms with E-state index in [1.807, 2.05) is 18.2 Å². The average molecular weight is 628 g/mol. The zero-order chi connectivity index (χ0) is 32.3. The molecule has 0 aliphatic heterocycles. The summed E-state index contributed by atoms with van der Waals surface area (Å²) in [6, 6.07) is 61.8. The fourth-order valence-electron chi connectivity index (χ4n) is 7.48. The van der Waals surface area contributed by atoms with Crippen LogP contribution in [0.1, 0.15) is 0 Å². The van der Waals surface area contributed by atoms with Crippen molar-refractivity contribution in [2.24, 2.45) is 0 Å². The Morgan fingerprint density at radius 1 is 0.327 bits per heavy atom. The number of hydrogen-bond donors (Lipinski definition) is 0. The molecule has 0 fully saturated rings. The van der Waals surface area contributed by atoms with E-state index in [0.717, 1.165) is 77.6 Å². The molecule has 0 N–H and O–H groups in total. The lowest BCUT2D eigenvalue weighted by atomic mass is 9.91. The maximum Gasteiger partial charge on any atom is 0.143 e. The Labute approximate surface area is 282 Å². The van der Waals surface area contributed by atoms with E-state index in [0.29, 0.717) is 0 Å². The van der Waals surface area contributed by atoms with Crippen molar-refractivity contribution in [1.29, 1.82) is 0 Å². The first-order chi connectivity index (χ1) is 24.3. The second kappa shape index (κ2) is 11.0. The predicted molar refractivity (Wildman–Crippen MR) is 204 cm³/mol. The van der Waals surface area contributed by atoms with Gasteiger partial charge in [-0.15, -0.1) is 0 Å². The van der Waals surface area contributed by atoms with E-state index < -0.39 is 0 Å².